The second kappa shape index (κ2) is 8.26. The maximum atomic E-state index is 12.0. The smallest absolute Gasteiger partial charge is 0.336 e. The molecule has 2 rings (SSSR count). The van der Waals surface area contributed by atoms with E-state index in [1.54, 1.807) is 26.8 Å². The molecule has 1 saturated heterocycles. The molecule has 0 radical (unpaired) electrons. The van der Waals surface area contributed by atoms with Gasteiger partial charge in [0.1, 0.15) is 12.7 Å². The minimum absolute atomic E-state index is 0.0328. The van der Waals surface area contributed by atoms with Gasteiger partial charge in [0, 0.05) is 18.7 Å². The Labute approximate surface area is 142 Å². The molecule has 0 bridgehead atoms. The lowest BCUT2D eigenvalue weighted by Gasteiger charge is -2.24. The number of aliphatic hydroxyl groups excluding tert-OH is 1. The molecule has 0 aromatic carbocycles. The largest absolute Gasteiger partial charge is 0.458 e. The van der Waals surface area contributed by atoms with Crippen LogP contribution in [0.2, 0.25) is 0 Å². The molecule has 0 amide bonds. The van der Waals surface area contributed by atoms with E-state index in [0.717, 1.165) is 25.1 Å². The molecule has 0 aromatic rings. The van der Waals surface area contributed by atoms with Crippen molar-refractivity contribution < 1.29 is 24.2 Å². The number of carbonyl (C=O) groups is 2. The lowest BCUT2D eigenvalue weighted by atomic mass is 10.0. The first-order valence-corrected chi connectivity index (χ1v) is 8.21. The number of hydrogen-bond acceptors (Lipinski definition) is 6. The Morgan fingerprint density at radius 1 is 1.33 bits per heavy atom. The van der Waals surface area contributed by atoms with E-state index in [4.69, 9.17) is 14.6 Å². The van der Waals surface area contributed by atoms with Crippen molar-refractivity contribution in [3.05, 3.63) is 34.9 Å². The number of esters is 2. The predicted molar refractivity (Wildman–Crippen MR) is 89.2 cm³/mol. The van der Waals surface area contributed by atoms with E-state index in [-0.39, 0.29) is 36.9 Å². The fraction of sp³-hybridized carbons (Fsp3) is 0.556. The SMILES string of the molecule is C/C=C(\C)C(=O)O[C@@H]1CCN2CC=C(COC(=O)/C(=C/C)CO)[C@@H]12. The number of carbonyl (C=O) groups excluding carboxylic acids is 2. The molecular weight excluding hydrogens is 310 g/mol. The number of fused-ring (bicyclic) bond motifs is 1. The molecule has 24 heavy (non-hydrogen) atoms. The highest BCUT2D eigenvalue weighted by atomic mass is 16.5. The van der Waals surface area contributed by atoms with Crippen LogP contribution in [0.25, 0.3) is 0 Å². The van der Waals surface area contributed by atoms with Gasteiger partial charge in [0.15, 0.2) is 0 Å². The minimum atomic E-state index is -0.518. The van der Waals surface area contributed by atoms with Gasteiger partial charge >= 0.3 is 11.9 Å². The van der Waals surface area contributed by atoms with Gasteiger partial charge in [0.2, 0.25) is 0 Å². The number of rotatable bonds is 6. The summed E-state index contributed by atoms with van der Waals surface area (Å²) in [4.78, 5) is 26.1. The van der Waals surface area contributed by atoms with Crippen molar-refractivity contribution in [1.82, 2.24) is 4.90 Å². The van der Waals surface area contributed by atoms with Crippen LogP contribution in [0.15, 0.2) is 34.9 Å². The summed E-state index contributed by atoms with van der Waals surface area (Å²) in [6.45, 7) is 6.64. The fourth-order valence-corrected chi connectivity index (χ4v) is 2.99. The molecule has 2 atom stereocenters. The molecule has 0 unspecified atom stereocenters. The Kier molecular flexibility index (Phi) is 6.34. The zero-order valence-corrected chi connectivity index (χ0v) is 14.4. The van der Waals surface area contributed by atoms with Gasteiger partial charge in [0.25, 0.3) is 0 Å². The number of ether oxygens (including phenoxy) is 2. The molecule has 2 aliphatic rings. The summed E-state index contributed by atoms with van der Waals surface area (Å²) in [5.41, 5.74) is 1.78. The van der Waals surface area contributed by atoms with Gasteiger partial charge in [0.05, 0.1) is 18.2 Å². The molecule has 1 N–H and O–H groups in total. The van der Waals surface area contributed by atoms with Crippen molar-refractivity contribution in [3.8, 4) is 0 Å². The summed E-state index contributed by atoms with van der Waals surface area (Å²) in [6.07, 6.45) is 5.84. The monoisotopic (exact) mass is 335 g/mol. The third-order valence-corrected chi connectivity index (χ3v) is 4.58. The van der Waals surface area contributed by atoms with E-state index < -0.39 is 5.97 Å². The Hall–Kier alpha value is -1.92. The standard InChI is InChI=1S/C18H25NO5/c1-4-12(3)17(21)24-15-7-9-19-8-6-14(16(15)19)11-23-18(22)13(5-2)10-20/h4-6,15-16,20H,7-11H2,1-3H3/b12-4+,13-5+/t15-,16+/m1/s1. The summed E-state index contributed by atoms with van der Waals surface area (Å²) in [7, 11) is 0. The second-order valence-electron chi connectivity index (χ2n) is 5.97. The topological polar surface area (TPSA) is 76.1 Å². The lowest BCUT2D eigenvalue weighted by molar-refractivity contribution is -0.145. The third kappa shape index (κ3) is 3.94. The van der Waals surface area contributed by atoms with Crippen molar-refractivity contribution in [3.63, 3.8) is 0 Å². The van der Waals surface area contributed by atoms with Gasteiger partial charge in [-0.25, -0.2) is 9.59 Å². The van der Waals surface area contributed by atoms with Crippen molar-refractivity contribution >= 4 is 11.9 Å². The average Bonchev–Trinajstić information content (AvgIpc) is 3.16. The Bertz CT molecular complexity index is 590. The van der Waals surface area contributed by atoms with Gasteiger partial charge < -0.3 is 14.6 Å². The van der Waals surface area contributed by atoms with Crippen molar-refractivity contribution in [2.75, 3.05) is 26.3 Å². The van der Waals surface area contributed by atoms with Gasteiger partial charge in [-0.15, -0.1) is 0 Å². The third-order valence-electron chi connectivity index (χ3n) is 4.58. The number of allylic oxidation sites excluding steroid dienone is 2. The zero-order chi connectivity index (χ0) is 17.7. The van der Waals surface area contributed by atoms with Crippen LogP contribution in [-0.2, 0) is 19.1 Å². The Balaban J connectivity index is 1.97. The summed E-state index contributed by atoms with van der Waals surface area (Å²) >= 11 is 0. The number of nitrogens with zero attached hydrogens (tertiary/aromatic N) is 1. The number of aliphatic hydroxyl groups is 1. The van der Waals surface area contributed by atoms with E-state index >= 15 is 0 Å². The van der Waals surface area contributed by atoms with Crippen LogP contribution in [0.1, 0.15) is 27.2 Å². The van der Waals surface area contributed by atoms with Crippen molar-refractivity contribution in [1.29, 1.82) is 0 Å². The fourth-order valence-electron chi connectivity index (χ4n) is 2.99. The van der Waals surface area contributed by atoms with Crippen LogP contribution < -0.4 is 0 Å². The maximum Gasteiger partial charge on any atom is 0.336 e. The normalized spacial score (nSPS) is 24.6. The summed E-state index contributed by atoms with van der Waals surface area (Å²) in [5, 5.41) is 9.10. The van der Waals surface area contributed by atoms with Gasteiger partial charge in [-0.2, -0.15) is 0 Å². The van der Waals surface area contributed by atoms with Crippen LogP contribution in [0, 0.1) is 0 Å². The van der Waals surface area contributed by atoms with E-state index in [1.807, 2.05) is 6.08 Å². The molecule has 0 spiro atoms. The summed E-state index contributed by atoms with van der Waals surface area (Å²) in [5.74, 6) is -0.820. The predicted octanol–water partition coefficient (Wildman–Crippen LogP) is 1.36. The van der Waals surface area contributed by atoms with E-state index in [0.29, 0.717) is 5.57 Å². The Morgan fingerprint density at radius 2 is 2.08 bits per heavy atom. The van der Waals surface area contributed by atoms with Crippen LogP contribution >= 0.6 is 0 Å². The summed E-state index contributed by atoms with van der Waals surface area (Å²) < 4.78 is 10.9. The van der Waals surface area contributed by atoms with Gasteiger partial charge in [-0.3, -0.25) is 4.90 Å². The molecule has 0 aromatic heterocycles. The highest BCUT2D eigenvalue weighted by Gasteiger charge is 2.42. The first-order chi connectivity index (χ1) is 11.5. The lowest BCUT2D eigenvalue weighted by Crippen LogP contribution is -2.36. The van der Waals surface area contributed by atoms with Crippen LogP contribution in [0.4, 0.5) is 0 Å². The van der Waals surface area contributed by atoms with Crippen molar-refractivity contribution in [2.45, 2.75) is 39.3 Å². The highest BCUT2D eigenvalue weighted by Crippen LogP contribution is 2.31. The van der Waals surface area contributed by atoms with Crippen LogP contribution in [0.3, 0.4) is 0 Å². The molecule has 132 valence electrons. The zero-order valence-electron chi connectivity index (χ0n) is 14.4. The first-order valence-electron chi connectivity index (χ1n) is 8.21. The molecule has 2 heterocycles. The second-order valence-corrected chi connectivity index (χ2v) is 5.97. The van der Waals surface area contributed by atoms with E-state index in [2.05, 4.69) is 4.90 Å². The molecule has 6 heteroatoms. The molecular formula is C18H25NO5. The maximum absolute atomic E-state index is 12.0. The number of hydrogen-bond donors (Lipinski definition) is 1. The van der Waals surface area contributed by atoms with Crippen LogP contribution in [-0.4, -0.2) is 60.4 Å². The quantitative estimate of drug-likeness (QED) is 0.449. The van der Waals surface area contributed by atoms with Gasteiger partial charge in [-0.05, 0) is 32.8 Å². The summed E-state index contributed by atoms with van der Waals surface area (Å²) in [6, 6.07) is -0.0328. The van der Waals surface area contributed by atoms with E-state index in [1.165, 1.54) is 6.08 Å². The first kappa shape index (κ1) is 18.4. The molecule has 0 aliphatic carbocycles. The minimum Gasteiger partial charge on any atom is -0.458 e. The highest BCUT2D eigenvalue weighted by molar-refractivity contribution is 5.88. The Morgan fingerprint density at radius 3 is 2.71 bits per heavy atom. The van der Waals surface area contributed by atoms with E-state index in [9.17, 15) is 9.59 Å². The molecule has 6 nitrogen and oxygen atoms in total. The van der Waals surface area contributed by atoms with Gasteiger partial charge in [-0.1, -0.05) is 18.2 Å². The average molecular weight is 335 g/mol. The van der Waals surface area contributed by atoms with Crippen molar-refractivity contribution in [2.24, 2.45) is 0 Å². The molecule has 1 fully saturated rings. The molecule has 0 saturated carbocycles. The molecule has 2 aliphatic heterocycles. The van der Waals surface area contributed by atoms with Crippen LogP contribution in [0.5, 0.6) is 0 Å².